The van der Waals surface area contributed by atoms with Crippen molar-refractivity contribution < 1.29 is 9.53 Å². The molecule has 0 spiro atoms. The van der Waals surface area contributed by atoms with E-state index in [2.05, 4.69) is 11.8 Å². The van der Waals surface area contributed by atoms with Crippen molar-refractivity contribution in [1.29, 1.82) is 0 Å². The maximum Gasteiger partial charge on any atom is 0.152 e. The summed E-state index contributed by atoms with van der Waals surface area (Å²) < 4.78 is 5.57. The van der Waals surface area contributed by atoms with Crippen LogP contribution >= 0.6 is 0 Å². The molecule has 0 aromatic heterocycles. The topological polar surface area (TPSA) is 26.3 Å². The number of Topliss-reactive ketones (excluding diaryl/α,β-unsaturated/α-hetero) is 1. The molecule has 100 valence electrons. The highest BCUT2D eigenvalue weighted by Gasteiger charge is 2.26. The van der Waals surface area contributed by atoms with Crippen molar-refractivity contribution in [2.75, 3.05) is 6.61 Å². The van der Waals surface area contributed by atoms with Gasteiger partial charge in [-0.15, -0.1) is 0 Å². The van der Waals surface area contributed by atoms with Crippen molar-refractivity contribution in [3.05, 3.63) is 29.8 Å². The third kappa shape index (κ3) is 3.61. The van der Waals surface area contributed by atoms with Gasteiger partial charge in [0.15, 0.2) is 5.78 Å². The fourth-order valence-corrected chi connectivity index (χ4v) is 2.20. The molecule has 0 saturated carbocycles. The normalized spacial score (nSPS) is 17.7. The van der Waals surface area contributed by atoms with Crippen molar-refractivity contribution >= 4 is 5.78 Å². The van der Waals surface area contributed by atoms with Gasteiger partial charge in [-0.05, 0) is 33.3 Å². The number of fused-ring (bicyclic) bond motifs is 1. The molecule has 2 nitrogen and oxygen atoms in total. The Labute approximate surface area is 115 Å². The summed E-state index contributed by atoms with van der Waals surface area (Å²) in [5.41, 5.74) is 0.963. The molecule has 2 rings (SSSR count). The van der Waals surface area contributed by atoms with Crippen LogP contribution in [0.5, 0.6) is 5.75 Å². The number of ketones is 1. The Balaban J connectivity index is 2.11. The molecular formula is C17H20O2. The zero-order valence-electron chi connectivity index (χ0n) is 11.8. The summed E-state index contributed by atoms with van der Waals surface area (Å²) in [5.74, 6) is 7.12. The largest absolute Gasteiger partial charge is 0.493 e. The lowest BCUT2D eigenvalue weighted by molar-refractivity contribution is -0.120. The molecule has 0 fully saturated rings. The number of hydrogen-bond donors (Lipinski definition) is 0. The number of benzene rings is 1. The van der Waals surface area contributed by atoms with Gasteiger partial charge in [0.1, 0.15) is 5.75 Å². The quantitative estimate of drug-likeness (QED) is 0.756. The fraction of sp³-hybridized carbons (Fsp3) is 0.471. The second-order valence-corrected chi connectivity index (χ2v) is 5.92. The lowest BCUT2D eigenvalue weighted by Crippen LogP contribution is -2.21. The summed E-state index contributed by atoms with van der Waals surface area (Å²) in [5, 5.41) is 0. The summed E-state index contributed by atoms with van der Waals surface area (Å²) in [6.07, 6.45) is 1.09. The second kappa shape index (κ2) is 5.48. The van der Waals surface area contributed by atoms with Gasteiger partial charge >= 0.3 is 0 Å². The number of carbonyl (C=O) groups is 1. The van der Waals surface area contributed by atoms with Gasteiger partial charge in [0, 0.05) is 11.0 Å². The molecule has 0 radical (unpaired) electrons. The summed E-state index contributed by atoms with van der Waals surface area (Å²) in [6, 6.07) is 7.80. The third-order valence-electron chi connectivity index (χ3n) is 3.07. The predicted molar refractivity (Wildman–Crippen MR) is 76.2 cm³/mol. The predicted octanol–water partition coefficient (Wildman–Crippen LogP) is 3.56. The van der Waals surface area contributed by atoms with Gasteiger partial charge < -0.3 is 4.74 Å². The highest BCUT2D eigenvalue weighted by molar-refractivity contribution is 5.88. The van der Waals surface area contributed by atoms with E-state index < -0.39 is 0 Å². The van der Waals surface area contributed by atoms with E-state index in [1.54, 1.807) is 0 Å². The molecule has 0 N–H and O–H groups in total. The average molecular weight is 256 g/mol. The van der Waals surface area contributed by atoms with Crippen molar-refractivity contribution in [1.82, 2.24) is 0 Å². The average Bonchev–Trinajstić information content (AvgIpc) is 2.36. The van der Waals surface area contributed by atoms with E-state index >= 15 is 0 Å². The number of carbonyl (C=O) groups excluding carboxylic acids is 1. The first-order valence-electron chi connectivity index (χ1n) is 6.72. The molecule has 1 aliphatic rings. The summed E-state index contributed by atoms with van der Waals surface area (Å²) >= 11 is 0. The Morgan fingerprint density at radius 3 is 2.84 bits per heavy atom. The van der Waals surface area contributed by atoms with Crippen molar-refractivity contribution in [3.63, 3.8) is 0 Å². The molecule has 1 heterocycles. The Kier molecular flexibility index (Phi) is 3.95. The molecular weight excluding hydrogens is 236 g/mol. The Bertz CT molecular complexity index is 526. The van der Waals surface area contributed by atoms with Crippen LogP contribution in [0, 0.1) is 17.3 Å². The fourth-order valence-electron chi connectivity index (χ4n) is 2.20. The van der Waals surface area contributed by atoms with Crippen molar-refractivity contribution in [2.45, 2.75) is 39.5 Å². The number of ether oxygens (including phenoxy) is 1. The lowest BCUT2D eigenvalue weighted by Gasteiger charge is -2.24. The first-order valence-corrected chi connectivity index (χ1v) is 6.72. The van der Waals surface area contributed by atoms with E-state index in [0.717, 1.165) is 17.7 Å². The summed E-state index contributed by atoms with van der Waals surface area (Å²) in [6.45, 7) is 6.76. The Morgan fingerprint density at radius 1 is 1.37 bits per heavy atom. The van der Waals surface area contributed by atoms with Crippen LogP contribution < -0.4 is 4.74 Å². The summed E-state index contributed by atoms with van der Waals surface area (Å²) in [7, 11) is 0. The van der Waals surface area contributed by atoms with E-state index in [0.29, 0.717) is 13.0 Å². The molecule has 2 heteroatoms. The molecule has 0 saturated heterocycles. The van der Waals surface area contributed by atoms with Crippen LogP contribution in [0.3, 0.4) is 0 Å². The first-order chi connectivity index (χ1) is 8.97. The van der Waals surface area contributed by atoms with Gasteiger partial charge in [0.25, 0.3) is 0 Å². The van der Waals surface area contributed by atoms with Crippen LogP contribution in [0.4, 0.5) is 0 Å². The molecule has 0 amide bonds. The van der Waals surface area contributed by atoms with E-state index in [-0.39, 0.29) is 17.1 Å². The smallest absolute Gasteiger partial charge is 0.152 e. The number of hydrogen-bond acceptors (Lipinski definition) is 2. The van der Waals surface area contributed by atoms with Gasteiger partial charge in [-0.3, -0.25) is 4.79 Å². The van der Waals surface area contributed by atoms with Crippen LogP contribution in [-0.2, 0) is 4.79 Å². The van der Waals surface area contributed by atoms with Gasteiger partial charge in [0.2, 0.25) is 0 Å². The van der Waals surface area contributed by atoms with Crippen LogP contribution in [0.15, 0.2) is 24.3 Å². The Hall–Kier alpha value is -1.75. The van der Waals surface area contributed by atoms with Gasteiger partial charge in [-0.1, -0.05) is 30.0 Å². The molecule has 1 aromatic carbocycles. The van der Waals surface area contributed by atoms with Crippen molar-refractivity contribution in [2.24, 2.45) is 5.41 Å². The zero-order chi connectivity index (χ0) is 13.9. The maximum atomic E-state index is 12.3. The molecule has 1 aromatic rings. The van der Waals surface area contributed by atoms with Gasteiger partial charge in [0.05, 0.1) is 18.9 Å². The monoisotopic (exact) mass is 256 g/mol. The van der Waals surface area contributed by atoms with Crippen LogP contribution in [0.25, 0.3) is 0 Å². The summed E-state index contributed by atoms with van der Waals surface area (Å²) in [4.78, 5) is 12.3. The van der Waals surface area contributed by atoms with Crippen LogP contribution in [0.1, 0.15) is 45.1 Å². The van der Waals surface area contributed by atoms with Crippen LogP contribution in [-0.4, -0.2) is 12.4 Å². The third-order valence-corrected chi connectivity index (χ3v) is 3.07. The highest BCUT2D eigenvalue weighted by Crippen LogP contribution is 2.34. The van der Waals surface area contributed by atoms with Gasteiger partial charge in [-0.2, -0.15) is 0 Å². The van der Waals surface area contributed by atoms with E-state index in [1.807, 2.05) is 45.0 Å². The lowest BCUT2D eigenvalue weighted by atomic mass is 9.88. The zero-order valence-corrected chi connectivity index (χ0v) is 11.8. The van der Waals surface area contributed by atoms with Gasteiger partial charge in [-0.25, -0.2) is 0 Å². The first kappa shape index (κ1) is 13.7. The molecule has 0 aliphatic carbocycles. The molecule has 1 atom stereocenters. The minimum atomic E-state index is -0.0563. The molecule has 1 unspecified atom stereocenters. The number of rotatable bonds is 2. The van der Waals surface area contributed by atoms with Crippen molar-refractivity contribution in [3.8, 4) is 17.6 Å². The minimum Gasteiger partial charge on any atom is -0.493 e. The molecule has 1 aliphatic heterocycles. The number of para-hydroxylation sites is 1. The minimum absolute atomic E-state index is 0.0478. The SMILES string of the molecule is CC(C)(C)C#CCC(=O)C1CCOc2ccccc21. The van der Waals surface area contributed by atoms with E-state index in [4.69, 9.17) is 4.74 Å². The van der Waals surface area contributed by atoms with Crippen LogP contribution in [0.2, 0.25) is 0 Å². The highest BCUT2D eigenvalue weighted by atomic mass is 16.5. The standard InChI is InChI=1S/C17H20O2/c1-17(2,3)11-6-8-15(18)13-10-12-19-16-9-5-4-7-14(13)16/h4-5,7,9,13H,8,10,12H2,1-3H3. The molecule has 0 bridgehead atoms. The maximum absolute atomic E-state index is 12.3. The Morgan fingerprint density at radius 2 is 2.11 bits per heavy atom. The molecule has 19 heavy (non-hydrogen) atoms. The van der Waals surface area contributed by atoms with E-state index in [1.165, 1.54) is 0 Å². The second-order valence-electron chi connectivity index (χ2n) is 5.92. The van der Waals surface area contributed by atoms with E-state index in [9.17, 15) is 4.79 Å².